The molecule has 2 aromatic rings. The summed E-state index contributed by atoms with van der Waals surface area (Å²) in [5.74, 6) is 0.373. The second kappa shape index (κ2) is 2.77. The van der Waals surface area contributed by atoms with Crippen molar-refractivity contribution in [3.8, 4) is 0 Å². The van der Waals surface area contributed by atoms with Crippen molar-refractivity contribution >= 4 is 11.9 Å². The molecule has 60 valence electrons. The lowest BCUT2D eigenvalue weighted by molar-refractivity contribution is 0.881. The number of nitrogens with zero attached hydrogens (tertiary/aromatic N) is 8. The van der Waals surface area contributed by atoms with E-state index in [1.807, 2.05) is 0 Å². The van der Waals surface area contributed by atoms with Crippen LogP contribution in [0.1, 0.15) is 0 Å². The van der Waals surface area contributed by atoms with Gasteiger partial charge >= 0.3 is 0 Å². The number of hydrogen-bond donors (Lipinski definition) is 2. The summed E-state index contributed by atoms with van der Waals surface area (Å²) in [4.78, 5) is 0. The molecule has 0 fully saturated rings. The summed E-state index contributed by atoms with van der Waals surface area (Å²) in [7, 11) is 0. The maximum absolute atomic E-state index is 3.57. The zero-order chi connectivity index (χ0) is 8.23. The van der Waals surface area contributed by atoms with E-state index in [0.717, 1.165) is 0 Å². The predicted octanol–water partition coefficient (Wildman–Crippen LogP) is -0.872. The van der Waals surface area contributed by atoms with Gasteiger partial charge in [-0.2, -0.15) is 0 Å². The minimum Gasteiger partial charge on any atom is -0.222 e. The van der Waals surface area contributed by atoms with Crippen LogP contribution in [-0.2, 0) is 0 Å². The van der Waals surface area contributed by atoms with Gasteiger partial charge in [-0.25, -0.2) is 10.2 Å². The summed E-state index contributed by atoms with van der Waals surface area (Å²) >= 11 is 0. The van der Waals surface area contributed by atoms with Gasteiger partial charge in [0.25, 0.3) is 11.9 Å². The molecule has 0 unspecified atom stereocenters. The molecule has 10 heteroatoms. The van der Waals surface area contributed by atoms with Crippen LogP contribution in [-0.4, -0.2) is 41.2 Å². The van der Waals surface area contributed by atoms with Crippen molar-refractivity contribution in [1.29, 1.82) is 0 Å². The smallest absolute Gasteiger partial charge is 0.222 e. The summed E-state index contributed by atoms with van der Waals surface area (Å²) in [6.45, 7) is 0. The fraction of sp³-hybridized carbons (Fsp3) is 0. The molecule has 0 bridgehead atoms. The molecule has 0 amide bonds. The third kappa shape index (κ3) is 1.25. The Morgan fingerprint density at radius 1 is 0.833 bits per heavy atom. The van der Waals surface area contributed by atoms with E-state index < -0.39 is 0 Å². The van der Waals surface area contributed by atoms with Gasteiger partial charge in [-0.1, -0.05) is 10.2 Å². The molecular weight excluding hydrogens is 164 g/mol. The first-order chi connectivity index (χ1) is 5.95. The molecule has 2 N–H and O–H groups in total. The Bertz CT molecular complexity index is 305. The maximum Gasteiger partial charge on any atom is 0.285 e. The number of azo groups is 1. The number of hydrogen-bond acceptors (Lipinski definition) is 8. The number of tetrazole rings is 2. The van der Waals surface area contributed by atoms with E-state index >= 15 is 0 Å². The molecule has 0 aliphatic rings. The number of aromatic amines is 2. The van der Waals surface area contributed by atoms with E-state index in [1.165, 1.54) is 0 Å². The minimum atomic E-state index is 0.186. The fourth-order valence-electron chi connectivity index (χ4n) is 0.488. The van der Waals surface area contributed by atoms with Crippen LogP contribution in [0.15, 0.2) is 10.2 Å². The number of rotatable bonds is 2. The van der Waals surface area contributed by atoms with Crippen molar-refractivity contribution in [3.05, 3.63) is 0 Å². The van der Waals surface area contributed by atoms with E-state index in [9.17, 15) is 0 Å². The van der Waals surface area contributed by atoms with Gasteiger partial charge in [-0.15, -0.1) is 10.2 Å². The van der Waals surface area contributed by atoms with E-state index in [0.29, 0.717) is 0 Å². The molecule has 0 atom stereocenters. The summed E-state index contributed by atoms with van der Waals surface area (Å²) in [6.07, 6.45) is 0. The highest BCUT2D eigenvalue weighted by atomic mass is 15.5. The van der Waals surface area contributed by atoms with Crippen molar-refractivity contribution in [1.82, 2.24) is 41.2 Å². The van der Waals surface area contributed by atoms with Gasteiger partial charge < -0.3 is 0 Å². The van der Waals surface area contributed by atoms with Crippen LogP contribution in [0, 0.1) is 0 Å². The van der Waals surface area contributed by atoms with Crippen molar-refractivity contribution < 1.29 is 0 Å². The lowest BCUT2D eigenvalue weighted by Gasteiger charge is -1.76. The van der Waals surface area contributed by atoms with Crippen molar-refractivity contribution in [3.63, 3.8) is 0 Å². The molecule has 10 nitrogen and oxygen atoms in total. The molecule has 0 radical (unpaired) electrons. The highest BCUT2D eigenvalue weighted by Gasteiger charge is 1.94. The Labute approximate surface area is 64.5 Å². The number of aromatic nitrogens is 8. The molecule has 12 heavy (non-hydrogen) atoms. The zero-order valence-electron chi connectivity index (χ0n) is 5.58. The normalized spacial score (nSPS) is 11.0. The molecule has 2 aromatic heterocycles. The third-order valence-electron chi connectivity index (χ3n) is 0.908. The SMILES string of the molecule is N(=N\c1nnn[nH]1)/c1nnn[nH]1. The average Bonchev–Trinajstić information content (AvgIpc) is 2.74. The van der Waals surface area contributed by atoms with Gasteiger partial charge in [0.05, 0.1) is 0 Å². The first kappa shape index (κ1) is 6.45. The second-order valence-electron chi connectivity index (χ2n) is 1.65. The van der Waals surface area contributed by atoms with E-state index in [4.69, 9.17) is 0 Å². The summed E-state index contributed by atoms with van der Waals surface area (Å²) < 4.78 is 0. The Hall–Kier alpha value is -2.26. The first-order valence-corrected chi connectivity index (χ1v) is 2.84. The molecule has 0 aliphatic carbocycles. The van der Waals surface area contributed by atoms with Gasteiger partial charge in [0, 0.05) is 0 Å². The van der Waals surface area contributed by atoms with Crippen LogP contribution in [0.2, 0.25) is 0 Å². The quantitative estimate of drug-likeness (QED) is 0.556. The molecular formula is C2H2N10. The topological polar surface area (TPSA) is 134 Å². The first-order valence-electron chi connectivity index (χ1n) is 2.84. The lowest BCUT2D eigenvalue weighted by atomic mass is 11.1. The van der Waals surface area contributed by atoms with Crippen LogP contribution >= 0.6 is 0 Å². The Morgan fingerprint density at radius 2 is 1.33 bits per heavy atom. The highest BCUT2D eigenvalue weighted by molar-refractivity contribution is 5.10. The third-order valence-corrected chi connectivity index (χ3v) is 0.908. The van der Waals surface area contributed by atoms with Crippen LogP contribution in [0.5, 0.6) is 0 Å². The minimum absolute atomic E-state index is 0.186. The van der Waals surface area contributed by atoms with Gasteiger partial charge in [0.1, 0.15) is 0 Å². The lowest BCUT2D eigenvalue weighted by Crippen LogP contribution is -1.68. The van der Waals surface area contributed by atoms with E-state index in [-0.39, 0.29) is 11.9 Å². The molecule has 0 saturated carbocycles. The number of H-pyrrole nitrogens is 2. The summed E-state index contributed by atoms with van der Waals surface area (Å²) in [6, 6.07) is 0. The molecule has 0 aliphatic heterocycles. The standard InChI is InChI=1S/C2H2N10/c3(1-5-9-10-6-1)4-2-7-11-12-8-2/h(H,5,6,9,10)(H,7,8,11,12)/b4-3+. The molecule has 2 heterocycles. The van der Waals surface area contributed by atoms with Crippen molar-refractivity contribution in [2.75, 3.05) is 0 Å². The van der Waals surface area contributed by atoms with Crippen molar-refractivity contribution in [2.45, 2.75) is 0 Å². The van der Waals surface area contributed by atoms with Gasteiger partial charge in [0.2, 0.25) is 0 Å². The molecule has 0 spiro atoms. The number of nitrogens with one attached hydrogen (secondary N) is 2. The largest absolute Gasteiger partial charge is 0.285 e. The van der Waals surface area contributed by atoms with Gasteiger partial charge in [0.15, 0.2) is 0 Å². The van der Waals surface area contributed by atoms with E-state index in [2.05, 4.69) is 51.5 Å². The molecule has 2 rings (SSSR count). The maximum atomic E-state index is 3.57. The summed E-state index contributed by atoms with van der Waals surface area (Å²) in [5, 5.41) is 32.0. The Kier molecular flexibility index (Phi) is 1.49. The van der Waals surface area contributed by atoms with E-state index in [1.54, 1.807) is 0 Å². The molecule has 0 aromatic carbocycles. The fourth-order valence-corrected chi connectivity index (χ4v) is 0.488. The second-order valence-corrected chi connectivity index (χ2v) is 1.65. The molecule has 0 saturated heterocycles. The van der Waals surface area contributed by atoms with Crippen LogP contribution < -0.4 is 0 Å². The van der Waals surface area contributed by atoms with Gasteiger partial charge in [-0.3, -0.25) is 0 Å². The van der Waals surface area contributed by atoms with Crippen LogP contribution in [0.25, 0.3) is 0 Å². The van der Waals surface area contributed by atoms with Crippen LogP contribution in [0.3, 0.4) is 0 Å². The monoisotopic (exact) mass is 166 g/mol. The highest BCUT2D eigenvalue weighted by Crippen LogP contribution is 2.04. The van der Waals surface area contributed by atoms with Crippen LogP contribution in [0.4, 0.5) is 11.9 Å². The zero-order valence-corrected chi connectivity index (χ0v) is 5.58. The predicted molar refractivity (Wildman–Crippen MR) is 32.5 cm³/mol. The van der Waals surface area contributed by atoms with Gasteiger partial charge in [-0.05, 0) is 20.9 Å². The Morgan fingerprint density at radius 3 is 1.67 bits per heavy atom. The average molecular weight is 166 g/mol. The summed E-state index contributed by atoms with van der Waals surface area (Å²) in [5.41, 5.74) is 0. The van der Waals surface area contributed by atoms with Crippen molar-refractivity contribution in [2.24, 2.45) is 10.2 Å². The Balaban J connectivity index is 2.14.